The van der Waals surface area contributed by atoms with E-state index < -0.39 is 0 Å². The van der Waals surface area contributed by atoms with Crippen LogP contribution in [0.15, 0.2) is 24.3 Å². The molecule has 2 atom stereocenters. The third-order valence-electron chi connectivity index (χ3n) is 4.49. The molecule has 0 aromatic heterocycles. The van der Waals surface area contributed by atoms with E-state index >= 15 is 0 Å². The third-order valence-corrected chi connectivity index (χ3v) is 4.49. The largest absolute Gasteiger partial charge is 0.307 e. The normalized spacial score (nSPS) is 19.2. The van der Waals surface area contributed by atoms with E-state index in [1.54, 1.807) is 0 Å². The molecule has 0 aliphatic heterocycles. The van der Waals surface area contributed by atoms with Crippen molar-refractivity contribution in [3.05, 3.63) is 35.4 Å². The number of benzene rings is 1. The average molecular weight is 259 g/mol. The predicted molar refractivity (Wildman–Crippen MR) is 83.3 cm³/mol. The highest BCUT2D eigenvalue weighted by Gasteiger charge is 2.24. The van der Waals surface area contributed by atoms with Crippen molar-refractivity contribution in [2.45, 2.75) is 65.5 Å². The van der Waals surface area contributed by atoms with Gasteiger partial charge in [-0.3, -0.25) is 0 Å². The van der Waals surface area contributed by atoms with E-state index in [1.807, 2.05) is 0 Å². The van der Waals surface area contributed by atoms with Crippen LogP contribution in [0, 0.1) is 11.8 Å². The quantitative estimate of drug-likeness (QED) is 0.779. The molecule has 2 rings (SSSR count). The number of hydrogen-bond acceptors (Lipinski definition) is 1. The van der Waals surface area contributed by atoms with Crippen LogP contribution in [0.1, 0.15) is 64.1 Å². The van der Waals surface area contributed by atoms with Crippen LogP contribution in [0.3, 0.4) is 0 Å². The van der Waals surface area contributed by atoms with Gasteiger partial charge in [-0.25, -0.2) is 0 Å². The lowest BCUT2D eigenvalue weighted by Gasteiger charge is -2.34. The molecule has 1 nitrogen and oxygen atoms in total. The van der Waals surface area contributed by atoms with Crippen LogP contribution in [0.4, 0.5) is 0 Å². The standard InChI is InChI=1S/C18H29N/c1-13(2)12-16-8-10-18(11-9-16)15(4)19-14(3)17-6-5-7-17/h8-11,13-15,17,19H,5-7,12H2,1-4H3. The van der Waals surface area contributed by atoms with E-state index in [0.29, 0.717) is 12.1 Å². The SMILES string of the molecule is CC(C)Cc1ccc(C(C)NC(C)C2CCC2)cc1. The Morgan fingerprint density at radius 2 is 1.68 bits per heavy atom. The summed E-state index contributed by atoms with van der Waals surface area (Å²) < 4.78 is 0. The highest BCUT2D eigenvalue weighted by atomic mass is 14.9. The molecule has 0 amide bonds. The number of hydrogen-bond donors (Lipinski definition) is 1. The van der Waals surface area contributed by atoms with Crippen molar-refractivity contribution < 1.29 is 0 Å². The zero-order valence-corrected chi connectivity index (χ0v) is 12.9. The minimum Gasteiger partial charge on any atom is -0.307 e. The second-order valence-electron chi connectivity index (χ2n) is 6.71. The van der Waals surface area contributed by atoms with Crippen LogP contribution in [0.25, 0.3) is 0 Å². The molecule has 0 saturated heterocycles. The molecular weight excluding hydrogens is 230 g/mol. The Balaban J connectivity index is 1.89. The van der Waals surface area contributed by atoms with Crippen LogP contribution in [-0.4, -0.2) is 6.04 Å². The van der Waals surface area contributed by atoms with Gasteiger partial charge in [-0.05, 0) is 56.1 Å². The summed E-state index contributed by atoms with van der Waals surface area (Å²) in [4.78, 5) is 0. The van der Waals surface area contributed by atoms with Crippen molar-refractivity contribution in [2.75, 3.05) is 0 Å². The van der Waals surface area contributed by atoms with Crippen molar-refractivity contribution in [3.8, 4) is 0 Å². The molecule has 2 unspecified atom stereocenters. The summed E-state index contributed by atoms with van der Waals surface area (Å²) in [6, 6.07) is 10.3. The maximum atomic E-state index is 3.76. The van der Waals surface area contributed by atoms with Crippen LogP contribution < -0.4 is 5.32 Å². The Hall–Kier alpha value is -0.820. The summed E-state index contributed by atoms with van der Waals surface area (Å²) in [6.45, 7) is 9.18. The maximum Gasteiger partial charge on any atom is 0.0294 e. The fraction of sp³-hybridized carbons (Fsp3) is 0.667. The average Bonchev–Trinajstić information content (AvgIpc) is 2.26. The predicted octanol–water partition coefficient (Wildman–Crippen LogP) is 4.72. The monoisotopic (exact) mass is 259 g/mol. The van der Waals surface area contributed by atoms with Gasteiger partial charge in [0.05, 0.1) is 0 Å². The lowest BCUT2D eigenvalue weighted by Crippen LogP contribution is -2.38. The van der Waals surface area contributed by atoms with Gasteiger partial charge in [0.25, 0.3) is 0 Å². The highest BCUT2D eigenvalue weighted by Crippen LogP contribution is 2.30. The van der Waals surface area contributed by atoms with E-state index in [2.05, 4.69) is 57.3 Å². The van der Waals surface area contributed by atoms with Crippen LogP contribution in [0.2, 0.25) is 0 Å². The zero-order valence-electron chi connectivity index (χ0n) is 12.9. The van der Waals surface area contributed by atoms with Crippen molar-refractivity contribution in [2.24, 2.45) is 11.8 Å². The molecule has 0 radical (unpaired) electrons. The molecule has 0 bridgehead atoms. The first kappa shape index (κ1) is 14.6. The molecule has 1 aromatic carbocycles. The first-order chi connectivity index (χ1) is 9.06. The van der Waals surface area contributed by atoms with Crippen LogP contribution in [-0.2, 0) is 6.42 Å². The Kier molecular flexibility index (Phi) is 5.04. The Morgan fingerprint density at radius 3 is 2.16 bits per heavy atom. The Bertz CT molecular complexity index is 375. The summed E-state index contributed by atoms with van der Waals surface area (Å²) >= 11 is 0. The van der Waals surface area contributed by atoms with Gasteiger partial charge in [0.2, 0.25) is 0 Å². The van der Waals surface area contributed by atoms with Gasteiger partial charge in [0.1, 0.15) is 0 Å². The number of rotatable bonds is 6. The summed E-state index contributed by atoms with van der Waals surface area (Å²) in [5.41, 5.74) is 2.87. The molecule has 1 fully saturated rings. The summed E-state index contributed by atoms with van der Waals surface area (Å²) in [5.74, 6) is 1.64. The topological polar surface area (TPSA) is 12.0 Å². The molecule has 1 N–H and O–H groups in total. The first-order valence-electron chi connectivity index (χ1n) is 7.91. The molecule has 1 aliphatic rings. The van der Waals surface area contributed by atoms with E-state index in [9.17, 15) is 0 Å². The lowest BCUT2D eigenvalue weighted by atomic mass is 9.80. The molecule has 0 heterocycles. The van der Waals surface area contributed by atoms with Crippen molar-refractivity contribution in [3.63, 3.8) is 0 Å². The molecule has 106 valence electrons. The third kappa shape index (κ3) is 4.07. The maximum absolute atomic E-state index is 3.76. The second kappa shape index (κ2) is 6.56. The van der Waals surface area contributed by atoms with Crippen molar-refractivity contribution >= 4 is 0 Å². The first-order valence-corrected chi connectivity index (χ1v) is 7.91. The molecular formula is C18H29N. The minimum absolute atomic E-state index is 0.462. The molecule has 1 heteroatoms. The van der Waals surface area contributed by atoms with Crippen LogP contribution in [0.5, 0.6) is 0 Å². The summed E-state index contributed by atoms with van der Waals surface area (Å²) in [5, 5.41) is 3.76. The molecule has 19 heavy (non-hydrogen) atoms. The molecule has 0 spiro atoms. The van der Waals surface area contributed by atoms with Crippen molar-refractivity contribution in [1.29, 1.82) is 0 Å². The molecule has 1 aliphatic carbocycles. The minimum atomic E-state index is 0.462. The van der Waals surface area contributed by atoms with Crippen LogP contribution >= 0.6 is 0 Å². The molecule has 1 saturated carbocycles. The fourth-order valence-electron chi connectivity index (χ4n) is 2.98. The van der Waals surface area contributed by atoms with E-state index in [-0.39, 0.29) is 0 Å². The summed E-state index contributed by atoms with van der Waals surface area (Å²) in [6.07, 6.45) is 5.43. The smallest absolute Gasteiger partial charge is 0.0294 e. The fourth-order valence-corrected chi connectivity index (χ4v) is 2.98. The van der Waals surface area contributed by atoms with Gasteiger partial charge in [0.15, 0.2) is 0 Å². The van der Waals surface area contributed by atoms with Gasteiger partial charge >= 0.3 is 0 Å². The summed E-state index contributed by atoms with van der Waals surface area (Å²) in [7, 11) is 0. The van der Waals surface area contributed by atoms with Gasteiger partial charge in [-0.1, -0.05) is 44.5 Å². The van der Waals surface area contributed by atoms with Crippen molar-refractivity contribution in [1.82, 2.24) is 5.32 Å². The van der Waals surface area contributed by atoms with E-state index in [1.165, 1.54) is 36.8 Å². The highest BCUT2D eigenvalue weighted by molar-refractivity contribution is 5.25. The van der Waals surface area contributed by atoms with Gasteiger partial charge in [0, 0.05) is 12.1 Å². The Morgan fingerprint density at radius 1 is 1.05 bits per heavy atom. The van der Waals surface area contributed by atoms with Gasteiger partial charge in [-0.15, -0.1) is 0 Å². The van der Waals surface area contributed by atoms with E-state index in [4.69, 9.17) is 0 Å². The lowest BCUT2D eigenvalue weighted by molar-refractivity contribution is 0.230. The molecule has 1 aromatic rings. The Labute approximate surface area is 118 Å². The number of nitrogens with one attached hydrogen (secondary N) is 1. The zero-order chi connectivity index (χ0) is 13.8. The second-order valence-corrected chi connectivity index (χ2v) is 6.71. The van der Waals surface area contributed by atoms with E-state index in [0.717, 1.165) is 11.8 Å². The van der Waals surface area contributed by atoms with Gasteiger partial charge in [-0.2, -0.15) is 0 Å². The van der Waals surface area contributed by atoms with Gasteiger partial charge < -0.3 is 5.32 Å².